The Hall–Kier alpha value is -2.28. The fourth-order valence-corrected chi connectivity index (χ4v) is 2.06. The van der Waals surface area contributed by atoms with Crippen molar-refractivity contribution >= 4 is 35.2 Å². The molecule has 8 heteroatoms. The second kappa shape index (κ2) is 6.45. The van der Waals surface area contributed by atoms with E-state index in [1.807, 2.05) is 0 Å². The Morgan fingerprint density at radius 3 is 2.67 bits per heavy atom. The molecule has 1 aliphatic heterocycles. The van der Waals surface area contributed by atoms with E-state index in [0.29, 0.717) is 10.7 Å². The van der Waals surface area contributed by atoms with Crippen LogP contribution in [0, 0.1) is 5.92 Å². The first-order valence-corrected chi connectivity index (χ1v) is 6.59. The molecule has 112 valence electrons. The van der Waals surface area contributed by atoms with Crippen LogP contribution in [0.15, 0.2) is 24.3 Å². The van der Waals surface area contributed by atoms with E-state index in [1.165, 1.54) is 7.11 Å². The highest BCUT2D eigenvalue weighted by Gasteiger charge is 2.33. The summed E-state index contributed by atoms with van der Waals surface area (Å²) in [4.78, 5) is 35.1. The molecule has 1 fully saturated rings. The molecule has 2 N–H and O–H groups in total. The van der Waals surface area contributed by atoms with Gasteiger partial charge in [0.05, 0.1) is 19.6 Å². The predicted octanol–water partition coefficient (Wildman–Crippen LogP) is 1.40. The SMILES string of the molecule is COC(=O)C1CC(=O)NN(C(=O)Nc2ccc(Cl)cc2)C1. The summed E-state index contributed by atoms with van der Waals surface area (Å²) in [5.41, 5.74) is 2.93. The molecule has 1 heterocycles. The molecule has 0 aromatic heterocycles. The predicted molar refractivity (Wildman–Crippen MR) is 75.4 cm³/mol. The van der Waals surface area contributed by atoms with Crippen LogP contribution in [-0.4, -0.2) is 36.6 Å². The summed E-state index contributed by atoms with van der Waals surface area (Å²) in [5.74, 6) is -1.60. The van der Waals surface area contributed by atoms with Gasteiger partial charge >= 0.3 is 12.0 Å². The highest BCUT2D eigenvalue weighted by atomic mass is 35.5. The normalized spacial score (nSPS) is 17.9. The average molecular weight is 312 g/mol. The molecule has 1 aromatic carbocycles. The van der Waals surface area contributed by atoms with Crippen molar-refractivity contribution in [3.63, 3.8) is 0 Å². The molecule has 3 amide bonds. The monoisotopic (exact) mass is 311 g/mol. The average Bonchev–Trinajstić information content (AvgIpc) is 2.48. The van der Waals surface area contributed by atoms with Crippen LogP contribution in [0.3, 0.4) is 0 Å². The standard InChI is InChI=1S/C13H14ClN3O4/c1-21-12(19)8-6-11(18)16-17(7-8)13(20)15-10-4-2-9(14)3-5-10/h2-5,8H,6-7H2,1H3,(H,15,20)(H,16,18). The van der Waals surface area contributed by atoms with Crippen LogP contribution in [0.4, 0.5) is 10.5 Å². The molecule has 1 atom stereocenters. The second-order valence-electron chi connectivity index (χ2n) is 4.51. The van der Waals surface area contributed by atoms with Gasteiger partial charge in [-0.05, 0) is 24.3 Å². The highest BCUT2D eigenvalue weighted by Crippen LogP contribution is 2.16. The molecule has 2 rings (SSSR count). The van der Waals surface area contributed by atoms with Crippen molar-refractivity contribution in [2.45, 2.75) is 6.42 Å². The summed E-state index contributed by atoms with van der Waals surface area (Å²) in [7, 11) is 1.24. The molecule has 1 unspecified atom stereocenters. The number of carbonyl (C=O) groups is 3. The number of nitrogens with one attached hydrogen (secondary N) is 2. The van der Waals surface area contributed by atoms with E-state index in [1.54, 1.807) is 24.3 Å². The maximum Gasteiger partial charge on any atom is 0.340 e. The van der Waals surface area contributed by atoms with Crippen LogP contribution in [0.5, 0.6) is 0 Å². The Bertz CT molecular complexity index is 561. The topological polar surface area (TPSA) is 87.7 Å². The van der Waals surface area contributed by atoms with Gasteiger partial charge in [-0.25, -0.2) is 9.80 Å². The lowest BCUT2D eigenvalue weighted by Crippen LogP contribution is -2.56. The number of ether oxygens (including phenoxy) is 1. The number of carbonyl (C=O) groups excluding carboxylic acids is 3. The lowest BCUT2D eigenvalue weighted by atomic mass is 10.0. The lowest BCUT2D eigenvalue weighted by molar-refractivity contribution is -0.151. The number of hydrogen-bond donors (Lipinski definition) is 2. The summed E-state index contributed by atoms with van der Waals surface area (Å²) >= 11 is 5.75. The Morgan fingerprint density at radius 1 is 1.38 bits per heavy atom. The fourth-order valence-electron chi connectivity index (χ4n) is 1.93. The van der Waals surface area contributed by atoms with Crippen LogP contribution in [0.2, 0.25) is 5.02 Å². The van der Waals surface area contributed by atoms with Gasteiger partial charge in [-0.15, -0.1) is 0 Å². The lowest BCUT2D eigenvalue weighted by Gasteiger charge is -2.31. The third-order valence-electron chi connectivity index (χ3n) is 2.97. The van der Waals surface area contributed by atoms with E-state index < -0.39 is 23.8 Å². The van der Waals surface area contributed by atoms with Crippen molar-refractivity contribution in [2.75, 3.05) is 19.0 Å². The largest absolute Gasteiger partial charge is 0.469 e. The van der Waals surface area contributed by atoms with Crippen LogP contribution >= 0.6 is 11.6 Å². The molecule has 21 heavy (non-hydrogen) atoms. The van der Waals surface area contributed by atoms with E-state index in [2.05, 4.69) is 15.5 Å². The van der Waals surface area contributed by atoms with Gasteiger partial charge in [0, 0.05) is 17.1 Å². The van der Waals surface area contributed by atoms with Crippen molar-refractivity contribution in [1.29, 1.82) is 0 Å². The van der Waals surface area contributed by atoms with E-state index in [4.69, 9.17) is 11.6 Å². The van der Waals surface area contributed by atoms with Crippen molar-refractivity contribution < 1.29 is 19.1 Å². The Balaban J connectivity index is 2.02. The second-order valence-corrected chi connectivity index (χ2v) is 4.94. The van der Waals surface area contributed by atoms with Crippen LogP contribution in [0.25, 0.3) is 0 Å². The number of nitrogens with zero attached hydrogens (tertiary/aromatic N) is 1. The minimum atomic E-state index is -0.667. The maximum absolute atomic E-state index is 12.1. The number of methoxy groups -OCH3 is 1. The summed E-state index contributed by atoms with van der Waals surface area (Å²) < 4.78 is 4.61. The molecule has 0 bridgehead atoms. The molecule has 7 nitrogen and oxygen atoms in total. The zero-order valence-electron chi connectivity index (χ0n) is 11.3. The molecule has 0 radical (unpaired) electrons. The van der Waals surface area contributed by atoms with E-state index >= 15 is 0 Å². The number of esters is 1. The fraction of sp³-hybridized carbons (Fsp3) is 0.308. The minimum Gasteiger partial charge on any atom is -0.469 e. The van der Waals surface area contributed by atoms with E-state index in [0.717, 1.165) is 5.01 Å². The maximum atomic E-state index is 12.1. The van der Waals surface area contributed by atoms with Crippen molar-refractivity contribution in [3.8, 4) is 0 Å². The van der Waals surface area contributed by atoms with Crippen LogP contribution in [0.1, 0.15) is 6.42 Å². The van der Waals surface area contributed by atoms with Crippen molar-refractivity contribution in [1.82, 2.24) is 10.4 Å². The third kappa shape index (κ3) is 3.85. The number of amides is 3. The van der Waals surface area contributed by atoms with E-state index in [-0.39, 0.29) is 13.0 Å². The number of rotatable bonds is 2. The zero-order valence-corrected chi connectivity index (χ0v) is 12.0. The smallest absolute Gasteiger partial charge is 0.340 e. The van der Waals surface area contributed by atoms with Gasteiger partial charge in [-0.3, -0.25) is 15.0 Å². The number of benzene rings is 1. The first-order chi connectivity index (χ1) is 9.99. The summed E-state index contributed by atoms with van der Waals surface area (Å²) in [5, 5.41) is 4.20. The highest BCUT2D eigenvalue weighted by molar-refractivity contribution is 6.30. The number of urea groups is 1. The molecule has 0 spiro atoms. The minimum absolute atomic E-state index is 0.00258. The summed E-state index contributed by atoms with van der Waals surface area (Å²) in [6.07, 6.45) is -0.00258. The quantitative estimate of drug-likeness (QED) is 0.808. The van der Waals surface area contributed by atoms with Gasteiger partial charge in [-0.1, -0.05) is 11.6 Å². The Labute approximate surface area is 126 Å². The van der Waals surface area contributed by atoms with Gasteiger partial charge < -0.3 is 10.1 Å². The van der Waals surface area contributed by atoms with Gasteiger partial charge in [0.1, 0.15) is 0 Å². The molecule has 1 aliphatic rings. The van der Waals surface area contributed by atoms with Gasteiger partial charge in [0.15, 0.2) is 0 Å². The van der Waals surface area contributed by atoms with Gasteiger partial charge in [-0.2, -0.15) is 0 Å². The molecular formula is C13H14ClN3O4. The van der Waals surface area contributed by atoms with E-state index in [9.17, 15) is 14.4 Å². The molecule has 0 saturated carbocycles. The van der Waals surface area contributed by atoms with Gasteiger partial charge in [0.2, 0.25) is 5.91 Å². The first-order valence-electron chi connectivity index (χ1n) is 6.21. The Morgan fingerprint density at radius 2 is 2.05 bits per heavy atom. The number of hydrogen-bond acceptors (Lipinski definition) is 4. The van der Waals surface area contributed by atoms with Crippen LogP contribution < -0.4 is 10.7 Å². The van der Waals surface area contributed by atoms with Crippen molar-refractivity contribution in [3.05, 3.63) is 29.3 Å². The summed E-state index contributed by atoms with van der Waals surface area (Å²) in [6, 6.07) is 5.97. The Kier molecular flexibility index (Phi) is 4.64. The van der Waals surface area contributed by atoms with Crippen molar-refractivity contribution in [2.24, 2.45) is 5.92 Å². The molecular weight excluding hydrogens is 298 g/mol. The summed E-state index contributed by atoms with van der Waals surface area (Å²) in [6.45, 7) is 0.0534. The zero-order chi connectivity index (χ0) is 15.4. The number of anilines is 1. The third-order valence-corrected chi connectivity index (χ3v) is 3.22. The first kappa shape index (κ1) is 15.1. The molecule has 1 aromatic rings. The molecule has 0 aliphatic carbocycles. The van der Waals surface area contributed by atoms with Gasteiger partial charge in [0.25, 0.3) is 0 Å². The van der Waals surface area contributed by atoms with Crippen LogP contribution in [-0.2, 0) is 14.3 Å². The molecule has 1 saturated heterocycles. The number of halogens is 1. The number of hydrazine groups is 1.